The van der Waals surface area contributed by atoms with Crippen LogP contribution >= 0.6 is 27.5 Å². The van der Waals surface area contributed by atoms with E-state index in [2.05, 4.69) is 26.1 Å². The summed E-state index contributed by atoms with van der Waals surface area (Å²) in [5, 5.41) is 4.76. The fourth-order valence-electron chi connectivity index (χ4n) is 4.08. The summed E-state index contributed by atoms with van der Waals surface area (Å²) in [7, 11) is 4.80. The zero-order chi connectivity index (χ0) is 24.9. The van der Waals surface area contributed by atoms with E-state index in [1.54, 1.807) is 33.9 Å². The molecule has 1 fully saturated rings. The monoisotopic (exact) mass is 563 g/mol. The Balaban J connectivity index is 1.42. The van der Waals surface area contributed by atoms with Gasteiger partial charge >= 0.3 is 0 Å². The van der Waals surface area contributed by atoms with Gasteiger partial charge in [-0.15, -0.1) is 0 Å². The van der Waals surface area contributed by atoms with Crippen molar-refractivity contribution in [2.75, 3.05) is 21.3 Å². The molecule has 5 atom stereocenters. The van der Waals surface area contributed by atoms with Gasteiger partial charge in [0.1, 0.15) is 12.2 Å². The first-order valence-corrected chi connectivity index (χ1v) is 12.1. The SMILES string of the molecule is CO[C@@H]1[C@@H](OC)[C@H](C)O[C@@H](O/N=C/c2ccc(-c3cn(-c4cc(Br)ccc4Cl)cn3)cc2)[C@@H]1OC. The molecule has 0 unspecified atom stereocenters. The number of aromatic nitrogens is 2. The van der Waals surface area contributed by atoms with Gasteiger partial charge in [-0.05, 0) is 30.7 Å². The lowest BCUT2D eigenvalue weighted by atomic mass is 9.99. The Kier molecular flexibility index (Phi) is 8.59. The molecule has 0 aliphatic carbocycles. The number of imidazole rings is 1. The smallest absolute Gasteiger partial charge is 0.256 e. The molecule has 186 valence electrons. The second-order valence-electron chi connectivity index (χ2n) is 8.03. The molecule has 0 saturated carbocycles. The van der Waals surface area contributed by atoms with Gasteiger partial charge in [-0.1, -0.05) is 57.0 Å². The third-order valence-corrected chi connectivity index (χ3v) is 6.70. The maximum Gasteiger partial charge on any atom is 0.256 e. The lowest BCUT2D eigenvalue weighted by molar-refractivity contribution is -0.305. The summed E-state index contributed by atoms with van der Waals surface area (Å²) in [5.74, 6) is 0. The third-order valence-electron chi connectivity index (χ3n) is 5.89. The van der Waals surface area contributed by atoms with Crippen LogP contribution in [0.1, 0.15) is 12.5 Å². The number of hydrogen-bond acceptors (Lipinski definition) is 7. The van der Waals surface area contributed by atoms with Gasteiger partial charge in [0.2, 0.25) is 0 Å². The zero-order valence-corrected chi connectivity index (χ0v) is 22.1. The highest BCUT2D eigenvalue weighted by Crippen LogP contribution is 2.28. The van der Waals surface area contributed by atoms with Gasteiger partial charge in [0.05, 0.1) is 35.0 Å². The highest BCUT2D eigenvalue weighted by Gasteiger charge is 2.46. The third kappa shape index (κ3) is 5.77. The minimum Gasteiger partial charge on any atom is -0.376 e. The second-order valence-corrected chi connectivity index (χ2v) is 9.36. The lowest BCUT2D eigenvalue weighted by Gasteiger charge is -2.42. The van der Waals surface area contributed by atoms with Gasteiger partial charge in [0, 0.05) is 37.6 Å². The molecule has 2 heterocycles. The lowest BCUT2D eigenvalue weighted by Crippen LogP contribution is -2.59. The molecule has 35 heavy (non-hydrogen) atoms. The summed E-state index contributed by atoms with van der Waals surface area (Å²) >= 11 is 9.82. The van der Waals surface area contributed by atoms with Crippen LogP contribution in [0.25, 0.3) is 16.9 Å². The van der Waals surface area contributed by atoms with Crippen LogP contribution in [0.2, 0.25) is 5.02 Å². The molecule has 1 aliphatic heterocycles. The number of oxime groups is 1. The number of rotatable bonds is 8. The van der Waals surface area contributed by atoms with E-state index in [1.165, 1.54) is 0 Å². The Hall–Kier alpha value is -2.27. The van der Waals surface area contributed by atoms with Crippen molar-refractivity contribution in [1.29, 1.82) is 0 Å². The maximum atomic E-state index is 6.34. The first-order chi connectivity index (χ1) is 16.9. The number of benzene rings is 2. The Morgan fingerprint density at radius 2 is 1.74 bits per heavy atom. The Morgan fingerprint density at radius 1 is 1.03 bits per heavy atom. The van der Waals surface area contributed by atoms with Crippen LogP contribution < -0.4 is 0 Å². The van der Waals surface area contributed by atoms with E-state index in [-0.39, 0.29) is 18.3 Å². The molecule has 0 radical (unpaired) electrons. The largest absolute Gasteiger partial charge is 0.376 e. The first kappa shape index (κ1) is 25.8. The fraction of sp³-hybridized carbons (Fsp3) is 0.360. The number of nitrogens with zero attached hydrogens (tertiary/aromatic N) is 3. The number of halogens is 2. The van der Waals surface area contributed by atoms with Crippen molar-refractivity contribution in [3.8, 4) is 16.9 Å². The molecule has 0 N–H and O–H groups in total. The van der Waals surface area contributed by atoms with Crippen molar-refractivity contribution in [3.05, 3.63) is 70.0 Å². The minimum atomic E-state index is -0.726. The van der Waals surface area contributed by atoms with Gasteiger partial charge in [-0.3, -0.25) is 0 Å². The molecule has 2 aromatic carbocycles. The summed E-state index contributed by atoms with van der Waals surface area (Å²) in [6.07, 6.45) is 3.21. The quantitative estimate of drug-likeness (QED) is 0.280. The summed E-state index contributed by atoms with van der Waals surface area (Å²) in [4.78, 5) is 10.1. The topological polar surface area (TPSA) is 76.3 Å². The molecule has 0 amide bonds. The molecule has 3 aromatic rings. The van der Waals surface area contributed by atoms with Crippen molar-refractivity contribution in [1.82, 2.24) is 9.55 Å². The first-order valence-electron chi connectivity index (χ1n) is 11.0. The minimum absolute atomic E-state index is 0.248. The van der Waals surface area contributed by atoms with Crippen LogP contribution in [0.15, 0.2) is 64.6 Å². The fourth-order valence-corrected chi connectivity index (χ4v) is 4.64. The molecule has 8 nitrogen and oxygen atoms in total. The molecule has 0 spiro atoms. The number of hydrogen-bond donors (Lipinski definition) is 0. The van der Waals surface area contributed by atoms with Crippen LogP contribution in [-0.2, 0) is 23.8 Å². The van der Waals surface area contributed by atoms with Gasteiger partial charge in [0.15, 0.2) is 6.10 Å². The van der Waals surface area contributed by atoms with E-state index < -0.39 is 12.4 Å². The molecular weight excluding hydrogens is 538 g/mol. The Bertz CT molecular complexity index is 1160. The van der Waals surface area contributed by atoms with Crippen molar-refractivity contribution in [2.24, 2.45) is 5.16 Å². The van der Waals surface area contributed by atoms with Crippen LogP contribution in [0.3, 0.4) is 0 Å². The number of methoxy groups -OCH3 is 3. The van der Waals surface area contributed by atoms with Crippen LogP contribution in [0.5, 0.6) is 0 Å². The summed E-state index contributed by atoms with van der Waals surface area (Å²) in [5.41, 5.74) is 3.50. The summed E-state index contributed by atoms with van der Waals surface area (Å²) < 4.78 is 25.4. The Morgan fingerprint density at radius 3 is 2.43 bits per heavy atom. The molecule has 1 aromatic heterocycles. The van der Waals surface area contributed by atoms with Crippen molar-refractivity contribution in [3.63, 3.8) is 0 Å². The summed E-state index contributed by atoms with van der Waals surface area (Å²) in [6.45, 7) is 1.90. The summed E-state index contributed by atoms with van der Waals surface area (Å²) in [6, 6.07) is 13.5. The molecule has 1 aliphatic rings. The van der Waals surface area contributed by atoms with Crippen LogP contribution in [0, 0.1) is 0 Å². The highest BCUT2D eigenvalue weighted by molar-refractivity contribution is 9.10. The predicted molar refractivity (Wildman–Crippen MR) is 137 cm³/mol. The van der Waals surface area contributed by atoms with Crippen LogP contribution in [-0.4, -0.2) is 67.8 Å². The van der Waals surface area contributed by atoms with Crippen molar-refractivity contribution >= 4 is 33.7 Å². The van der Waals surface area contributed by atoms with Crippen molar-refractivity contribution in [2.45, 2.75) is 37.6 Å². The molecular formula is C25H27BrClN3O5. The van der Waals surface area contributed by atoms with E-state index in [0.717, 1.165) is 27.0 Å². The average Bonchev–Trinajstić information content (AvgIpc) is 3.35. The predicted octanol–water partition coefficient (Wildman–Crippen LogP) is 5.10. The van der Waals surface area contributed by atoms with Gasteiger partial charge in [0.25, 0.3) is 6.29 Å². The second kappa shape index (κ2) is 11.6. The average molecular weight is 565 g/mol. The van der Waals surface area contributed by atoms with E-state index in [4.69, 9.17) is 35.4 Å². The molecule has 0 bridgehead atoms. The maximum absolute atomic E-state index is 6.34. The Labute approximate surface area is 217 Å². The normalized spacial score (nSPS) is 24.7. The van der Waals surface area contributed by atoms with Crippen molar-refractivity contribution < 1.29 is 23.8 Å². The molecule has 1 saturated heterocycles. The van der Waals surface area contributed by atoms with Gasteiger partial charge in [-0.25, -0.2) is 4.98 Å². The zero-order valence-electron chi connectivity index (χ0n) is 19.8. The van der Waals surface area contributed by atoms with Gasteiger partial charge in [-0.2, -0.15) is 0 Å². The van der Waals surface area contributed by atoms with E-state index >= 15 is 0 Å². The number of ether oxygens (including phenoxy) is 4. The van der Waals surface area contributed by atoms with Crippen LogP contribution in [0.4, 0.5) is 0 Å². The highest BCUT2D eigenvalue weighted by atomic mass is 79.9. The van der Waals surface area contributed by atoms with E-state index in [9.17, 15) is 0 Å². The molecule has 10 heteroatoms. The van der Waals surface area contributed by atoms with E-state index in [0.29, 0.717) is 5.02 Å². The molecule has 4 rings (SSSR count). The van der Waals surface area contributed by atoms with E-state index in [1.807, 2.05) is 60.2 Å². The standard InChI is InChI=1S/C25H27BrClN3O5/c1-15-22(31-2)23(32-3)24(33-4)25(34-15)35-29-12-16-5-7-17(8-6-16)20-13-30(14-28-20)21-11-18(26)9-10-19(21)27/h5-15,22-25H,1-4H3/b29-12+/t15-,22-,23+,24+,25-/m0/s1. The van der Waals surface area contributed by atoms with Gasteiger partial charge < -0.3 is 28.4 Å².